The number of rotatable bonds is 16. The number of nitrogens with one attached hydrogen (secondary N) is 3. The number of amides is 1. The lowest BCUT2D eigenvalue weighted by Gasteiger charge is -2.33. The number of allylic oxidation sites excluding steroid dienone is 2. The molecule has 0 unspecified atom stereocenters. The van der Waals surface area contributed by atoms with Gasteiger partial charge in [-0.25, -0.2) is 9.97 Å². The SMILES string of the molecule is C=C(C)NCC(=O)N(Cc1ncc(-c2ccc3c(c2)CCc2cc4c(ccc5[nH]c(CN(C(=C)CCC)C(CC)CC)nc54)cc2-3)[nH]1)[C@@H](C)CC. The second kappa shape index (κ2) is 15.6. The van der Waals surface area contributed by atoms with E-state index in [0.717, 1.165) is 91.1 Å². The van der Waals surface area contributed by atoms with Crippen LogP contribution in [0.4, 0.5) is 0 Å². The second-order valence-corrected chi connectivity index (χ2v) is 14.3. The van der Waals surface area contributed by atoms with Crippen LogP contribution in [-0.2, 0) is 30.7 Å². The summed E-state index contributed by atoms with van der Waals surface area (Å²) in [5.41, 5.74) is 11.5. The van der Waals surface area contributed by atoms with Gasteiger partial charge in [0.25, 0.3) is 0 Å². The quantitative estimate of drug-likeness (QED) is 0.0963. The Balaban J connectivity index is 1.25. The predicted octanol–water partition coefficient (Wildman–Crippen LogP) is 9.43. The van der Waals surface area contributed by atoms with Crippen molar-refractivity contribution in [1.82, 2.24) is 35.1 Å². The molecule has 3 N–H and O–H groups in total. The number of aromatic amines is 2. The smallest absolute Gasteiger partial charge is 0.242 e. The van der Waals surface area contributed by atoms with Crippen molar-refractivity contribution in [2.24, 2.45) is 0 Å². The monoisotopic (exact) mass is 685 g/mol. The number of benzene rings is 3. The molecule has 0 spiro atoms. The molecule has 6 rings (SSSR count). The molecule has 1 amide bonds. The minimum absolute atomic E-state index is 0.0381. The maximum atomic E-state index is 13.0. The topological polar surface area (TPSA) is 92.9 Å². The number of H-pyrrole nitrogens is 2. The van der Waals surface area contributed by atoms with Gasteiger partial charge in [0, 0.05) is 28.9 Å². The standard InChI is InChI=1S/C43H55N7O/c1-9-13-29(8)49(34(11-3)12-4)26-41-46-38-19-17-32-21-36-31(22-37(32)43(38)48-41)15-14-30-20-33(16-18-35(30)36)39-23-45-40(47-39)25-50(28(7)10-2)42(51)24-44-27(5)6/h16-23,28,34,44H,5,8-15,24-26H2,1-4,6-7H3,(H,45,47)(H,46,48)/t28-/m0/s1. The van der Waals surface area contributed by atoms with Gasteiger partial charge in [-0.2, -0.15) is 0 Å². The first-order chi connectivity index (χ1) is 24.6. The van der Waals surface area contributed by atoms with Gasteiger partial charge in [-0.1, -0.05) is 65.5 Å². The van der Waals surface area contributed by atoms with Gasteiger partial charge >= 0.3 is 0 Å². The molecule has 8 heteroatoms. The van der Waals surface area contributed by atoms with E-state index in [1.807, 2.05) is 18.0 Å². The highest BCUT2D eigenvalue weighted by Crippen LogP contribution is 2.39. The van der Waals surface area contributed by atoms with E-state index in [9.17, 15) is 4.79 Å². The molecule has 51 heavy (non-hydrogen) atoms. The number of fused-ring (bicyclic) bond motifs is 6. The third-order valence-electron chi connectivity index (χ3n) is 10.7. The summed E-state index contributed by atoms with van der Waals surface area (Å²) >= 11 is 0. The van der Waals surface area contributed by atoms with Crippen LogP contribution in [0.2, 0.25) is 0 Å². The largest absolute Gasteiger partial charge is 0.380 e. The van der Waals surface area contributed by atoms with Gasteiger partial charge in [0.1, 0.15) is 11.6 Å². The van der Waals surface area contributed by atoms with Gasteiger partial charge in [-0.15, -0.1) is 0 Å². The summed E-state index contributed by atoms with van der Waals surface area (Å²) in [6.45, 7) is 22.5. The second-order valence-electron chi connectivity index (χ2n) is 14.3. The first-order valence-electron chi connectivity index (χ1n) is 18.9. The molecule has 2 heterocycles. The van der Waals surface area contributed by atoms with Crippen LogP contribution in [0.5, 0.6) is 0 Å². The van der Waals surface area contributed by atoms with Crippen molar-refractivity contribution >= 4 is 27.7 Å². The van der Waals surface area contributed by atoms with Crippen molar-refractivity contribution in [3.63, 3.8) is 0 Å². The van der Waals surface area contributed by atoms with Crippen molar-refractivity contribution in [3.05, 3.63) is 96.0 Å². The van der Waals surface area contributed by atoms with Crippen LogP contribution < -0.4 is 5.32 Å². The minimum atomic E-state index is 0.0381. The lowest BCUT2D eigenvalue weighted by molar-refractivity contribution is -0.133. The van der Waals surface area contributed by atoms with Crippen LogP contribution in [0.3, 0.4) is 0 Å². The Morgan fingerprint density at radius 1 is 0.902 bits per heavy atom. The molecule has 3 aromatic carbocycles. The number of hydrogen-bond acceptors (Lipinski definition) is 5. The van der Waals surface area contributed by atoms with Gasteiger partial charge in [0.05, 0.1) is 42.6 Å². The first-order valence-corrected chi connectivity index (χ1v) is 18.9. The molecule has 0 aliphatic heterocycles. The van der Waals surface area contributed by atoms with Crippen molar-refractivity contribution < 1.29 is 4.79 Å². The number of hydrogen-bond donors (Lipinski definition) is 3. The maximum Gasteiger partial charge on any atom is 0.242 e. The van der Waals surface area contributed by atoms with E-state index < -0.39 is 0 Å². The normalized spacial score (nSPS) is 12.9. The summed E-state index contributed by atoms with van der Waals surface area (Å²) in [5.74, 6) is 1.82. The summed E-state index contributed by atoms with van der Waals surface area (Å²) in [6.07, 6.45) is 8.99. The Morgan fingerprint density at radius 2 is 1.65 bits per heavy atom. The molecule has 0 fully saturated rings. The number of aromatic nitrogens is 4. The maximum absolute atomic E-state index is 13.0. The van der Waals surface area contributed by atoms with Crippen molar-refractivity contribution in [3.8, 4) is 22.4 Å². The Hall–Kier alpha value is -4.85. The van der Waals surface area contributed by atoms with Crippen LogP contribution in [0.15, 0.2) is 73.2 Å². The molecular formula is C43H55N7O. The fraction of sp³-hybridized carbons (Fsp3) is 0.419. The fourth-order valence-corrected chi connectivity index (χ4v) is 7.58. The highest BCUT2D eigenvalue weighted by molar-refractivity contribution is 6.06. The van der Waals surface area contributed by atoms with E-state index >= 15 is 0 Å². The van der Waals surface area contributed by atoms with Crippen LogP contribution in [0.25, 0.3) is 44.2 Å². The Labute approximate surface area is 303 Å². The molecule has 1 atom stereocenters. The van der Waals surface area contributed by atoms with E-state index in [1.165, 1.54) is 38.7 Å². The average molecular weight is 686 g/mol. The molecule has 0 bridgehead atoms. The molecular weight excluding hydrogens is 631 g/mol. The molecule has 2 aromatic heterocycles. The molecule has 0 saturated carbocycles. The predicted molar refractivity (Wildman–Crippen MR) is 211 cm³/mol. The summed E-state index contributed by atoms with van der Waals surface area (Å²) in [6, 6.07) is 16.4. The highest BCUT2D eigenvalue weighted by Gasteiger charge is 2.23. The van der Waals surface area contributed by atoms with E-state index in [1.54, 1.807) is 0 Å². The summed E-state index contributed by atoms with van der Waals surface area (Å²) in [5, 5.41) is 5.49. The molecule has 0 radical (unpaired) electrons. The molecule has 0 saturated heterocycles. The Kier molecular flexibility index (Phi) is 11.0. The average Bonchev–Trinajstić information content (AvgIpc) is 3.79. The van der Waals surface area contributed by atoms with Gasteiger partial charge in [-0.3, -0.25) is 4.79 Å². The number of imidazole rings is 2. The van der Waals surface area contributed by atoms with Crippen LogP contribution in [-0.4, -0.2) is 54.3 Å². The molecule has 5 aromatic rings. The fourth-order valence-electron chi connectivity index (χ4n) is 7.58. The summed E-state index contributed by atoms with van der Waals surface area (Å²) < 4.78 is 0. The van der Waals surface area contributed by atoms with Crippen LogP contribution in [0.1, 0.15) is 96.4 Å². The lowest BCUT2D eigenvalue weighted by Crippen LogP contribution is -2.42. The highest BCUT2D eigenvalue weighted by atomic mass is 16.2. The van der Waals surface area contributed by atoms with Gasteiger partial charge in [0.15, 0.2) is 0 Å². The molecule has 1 aliphatic rings. The van der Waals surface area contributed by atoms with Crippen molar-refractivity contribution in [2.45, 2.75) is 112 Å². The van der Waals surface area contributed by atoms with Crippen LogP contribution in [0, 0.1) is 0 Å². The van der Waals surface area contributed by atoms with E-state index in [0.29, 0.717) is 12.6 Å². The number of carbonyl (C=O) groups excluding carboxylic acids is 1. The van der Waals surface area contributed by atoms with Gasteiger partial charge in [-0.05, 0) is 110 Å². The zero-order chi connectivity index (χ0) is 36.2. The molecule has 8 nitrogen and oxygen atoms in total. The summed E-state index contributed by atoms with van der Waals surface area (Å²) in [4.78, 5) is 34.4. The molecule has 1 aliphatic carbocycles. The Bertz CT molecular complexity index is 2050. The third kappa shape index (κ3) is 7.60. The first kappa shape index (κ1) is 36.0. The van der Waals surface area contributed by atoms with Crippen molar-refractivity contribution in [1.29, 1.82) is 0 Å². The third-order valence-corrected chi connectivity index (χ3v) is 10.7. The number of aryl methyl sites for hydroxylation is 2. The van der Waals surface area contributed by atoms with Crippen LogP contribution >= 0.6 is 0 Å². The zero-order valence-corrected chi connectivity index (χ0v) is 31.5. The summed E-state index contributed by atoms with van der Waals surface area (Å²) in [7, 11) is 0. The van der Waals surface area contributed by atoms with E-state index in [2.05, 4.69) is 115 Å². The number of nitrogens with zero attached hydrogens (tertiary/aromatic N) is 4. The van der Waals surface area contributed by atoms with Gasteiger partial charge < -0.3 is 25.1 Å². The van der Waals surface area contributed by atoms with Gasteiger partial charge in [0.2, 0.25) is 5.91 Å². The number of carbonyl (C=O) groups is 1. The molecule has 268 valence electrons. The van der Waals surface area contributed by atoms with E-state index in [-0.39, 0.29) is 18.5 Å². The Morgan fingerprint density at radius 3 is 2.35 bits per heavy atom. The van der Waals surface area contributed by atoms with Crippen molar-refractivity contribution in [2.75, 3.05) is 6.54 Å². The zero-order valence-electron chi connectivity index (χ0n) is 31.5. The minimum Gasteiger partial charge on any atom is -0.380 e. The lowest BCUT2D eigenvalue weighted by atomic mass is 9.83. The van der Waals surface area contributed by atoms with E-state index in [4.69, 9.17) is 4.98 Å².